The molecule has 0 atom stereocenters. The summed E-state index contributed by atoms with van der Waals surface area (Å²) in [5, 5.41) is 8.32. The number of benzene rings is 9. The van der Waals surface area contributed by atoms with Crippen LogP contribution in [0.15, 0.2) is 200 Å². The van der Waals surface area contributed by atoms with Crippen molar-refractivity contribution in [3.63, 3.8) is 0 Å². The molecule has 0 N–H and O–H groups in total. The minimum Gasteiger partial charge on any atom is -0.456 e. The van der Waals surface area contributed by atoms with Crippen LogP contribution < -0.4 is 0 Å². The fourth-order valence-electron chi connectivity index (χ4n) is 9.07. The Morgan fingerprint density at radius 1 is 0.207 bits per heavy atom. The van der Waals surface area contributed by atoms with Crippen LogP contribution in [-0.4, -0.2) is 0 Å². The molecule has 13 rings (SSSR count). The molecule has 270 valence electrons. The van der Waals surface area contributed by atoms with Gasteiger partial charge in [0, 0.05) is 32.3 Å². The molecular weight excluding hydrogens is 713 g/mol. The lowest BCUT2D eigenvalue weighted by Crippen LogP contribution is -1.86. The summed E-state index contributed by atoms with van der Waals surface area (Å²) < 4.78 is 26.0. The summed E-state index contributed by atoms with van der Waals surface area (Å²) in [6, 6.07) is 63.9. The Balaban J connectivity index is 0.963. The van der Waals surface area contributed by atoms with Crippen LogP contribution in [0, 0.1) is 0 Å². The third-order valence-corrected chi connectivity index (χ3v) is 11.9. The van der Waals surface area contributed by atoms with Crippen molar-refractivity contribution in [1.82, 2.24) is 0 Å². The number of fused-ring (bicyclic) bond motifs is 14. The van der Waals surface area contributed by atoms with Crippen molar-refractivity contribution in [3.8, 4) is 44.5 Å². The number of rotatable bonds is 4. The lowest BCUT2D eigenvalue weighted by molar-refractivity contribution is 0.662. The molecule has 0 amide bonds. The van der Waals surface area contributed by atoms with Gasteiger partial charge in [0.1, 0.15) is 44.7 Å². The van der Waals surface area contributed by atoms with Gasteiger partial charge in [-0.1, -0.05) is 97.1 Å². The van der Waals surface area contributed by atoms with E-state index in [2.05, 4.69) is 158 Å². The maximum Gasteiger partial charge on any atom is 0.147 e. The van der Waals surface area contributed by atoms with E-state index >= 15 is 0 Å². The quantitative estimate of drug-likeness (QED) is 0.180. The third-order valence-electron chi connectivity index (χ3n) is 11.9. The first-order chi connectivity index (χ1) is 28.7. The second kappa shape index (κ2) is 11.8. The number of para-hydroxylation sites is 1. The Morgan fingerprint density at radius 3 is 1.16 bits per heavy atom. The van der Waals surface area contributed by atoms with Crippen LogP contribution in [0.2, 0.25) is 0 Å². The smallest absolute Gasteiger partial charge is 0.147 e. The molecule has 4 heterocycles. The summed E-state index contributed by atoms with van der Waals surface area (Å²) in [5.74, 6) is 0. The normalized spacial score (nSPS) is 12.1. The Hall–Kier alpha value is -7.82. The minimum absolute atomic E-state index is 0.797. The summed E-state index contributed by atoms with van der Waals surface area (Å²) in [4.78, 5) is 0. The second-order valence-electron chi connectivity index (χ2n) is 15.2. The fraction of sp³-hybridized carbons (Fsp3) is 0. The molecule has 4 heteroatoms. The van der Waals surface area contributed by atoms with E-state index in [4.69, 9.17) is 17.7 Å². The predicted molar refractivity (Wildman–Crippen MR) is 237 cm³/mol. The van der Waals surface area contributed by atoms with E-state index in [1.165, 1.54) is 22.3 Å². The van der Waals surface area contributed by atoms with E-state index in [1.54, 1.807) is 0 Å². The zero-order valence-corrected chi connectivity index (χ0v) is 31.0. The first kappa shape index (κ1) is 31.4. The van der Waals surface area contributed by atoms with E-state index in [0.29, 0.717) is 0 Å². The van der Waals surface area contributed by atoms with Crippen LogP contribution in [0.5, 0.6) is 0 Å². The molecule has 0 aliphatic rings. The average molecular weight is 743 g/mol. The van der Waals surface area contributed by atoms with Gasteiger partial charge in [-0.2, -0.15) is 0 Å². The maximum atomic E-state index is 6.73. The molecule has 0 fully saturated rings. The van der Waals surface area contributed by atoms with Crippen LogP contribution in [0.4, 0.5) is 0 Å². The highest BCUT2D eigenvalue weighted by molar-refractivity contribution is 6.24. The van der Waals surface area contributed by atoms with Crippen LogP contribution >= 0.6 is 0 Å². The lowest BCUT2D eigenvalue weighted by atomic mass is 9.93. The van der Waals surface area contributed by atoms with Crippen LogP contribution in [-0.2, 0) is 0 Å². The van der Waals surface area contributed by atoms with E-state index < -0.39 is 0 Å². The molecule has 4 aromatic heterocycles. The predicted octanol–water partition coefficient (Wildman–Crippen LogP) is 16.0. The summed E-state index contributed by atoms with van der Waals surface area (Å²) in [6.45, 7) is 0. The second-order valence-corrected chi connectivity index (χ2v) is 15.2. The average Bonchev–Trinajstić information content (AvgIpc) is 4.05. The molecule has 0 aliphatic carbocycles. The molecule has 0 unspecified atom stereocenters. The maximum absolute atomic E-state index is 6.73. The Bertz CT molecular complexity index is 3730. The van der Waals surface area contributed by atoms with Gasteiger partial charge in [-0.15, -0.1) is 0 Å². The van der Waals surface area contributed by atoms with Crippen LogP contribution in [0.1, 0.15) is 0 Å². The molecule has 0 spiro atoms. The van der Waals surface area contributed by atoms with Crippen molar-refractivity contribution in [2.24, 2.45) is 0 Å². The fourth-order valence-corrected chi connectivity index (χ4v) is 9.07. The molecule has 0 bridgehead atoms. The largest absolute Gasteiger partial charge is 0.456 e. The highest BCUT2D eigenvalue weighted by Crippen LogP contribution is 2.44. The zero-order valence-electron chi connectivity index (χ0n) is 31.0. The van der Waals surface area contributed by atoms with Crippen molar-refractivity contribution < 1.29 is 17.7 Å². The molecule has 0 radical (unpaired) electrons. The van der Waals surface area contributed by atoms with Crippen molar-refractivity contribution in [1.29, 1.82) is 0 Å². The SMILES string of the molecule is c1ccc(-c2cc(-c3ccccc3)cc(-c3ccc4oc5c(ccc6oc7ccc(-c8ccc9oc%10ccc%11c%12ccccc%12oc%11c%10c9c8)cc7c65)c4c3)c2)cc1. The molecule has 0 saturated carbocycles. The van der Waals surface area contributed by atoms with Gasteiger partial charge in [-0.25, -0.2) is 0 Å². The van der Waals surface area contributed by atoms with E-state index in [-0.39, 0.29) is 0 Å². The van der Waals surface area contributed by atoms with Gasteiger partial charge in [-0.3, -0.25) is 0 Å². The molecule has 0 aliphatic heterocycles. The standard InChI is InChI=1S/C54H30O4/c1-3-9-31(10-4-1)36-25-37(32-11-5-2-6-12-32)27-38(26-36)35-17-20-46-42(28-35)41-19-24-50-52(54(41)58-46)44-30-34(16-22-48(44)56-50)33-15-21-47-43(29-33)51-49(55-47)23-18-40-39-13-7-8-14-45(39)57-53(40)51/h1-30H. The van der Waals surface area contributed by atoms with Crippen LogP contribution in [0.25, 0.3) is 132 Å². The lowest BCUT2D eigenvalue weighted by Gasteiger charge is -2.11. The number of furan rings is 4. The van der Waals surface area contributed by atoms with Gasteiger partial charge in [0.2, 0.25) is 0 Å². The van der Waals surface area contributed by atoms with E-state index in [0.717, 1.165) is 110 Å². The van der Waals surface area contributed by atoms with Gasteiger partial charge in [0.05, 0.1) is 10.8 Å². The van der Waals surface area contributed by atoms with Gasteiger partial charge >= 0.3 is 0 Å². The van der Waals surface area contributed by atoms with Crippen molar-refractivity contribution in [2.75, 3.05) is 0 Å². The van der Waals surface area contributed by atoms with E-state index in [1.807, 2.05) is 24.3 Å². The summed E-state index contributed by atoms with van der Waals surface area (Å²) in [5.41, 5.74) is 15.8. The number of hydrogen-bond donors (Lipinski definition) is 0. The van der Waals surface area contributed by atoms with E-state index in [9.17, 15) is 0 Å². The van der Waals surface area contributed by atoms with Crippen molar-refractivity contribution >= 4 is 87.8 Å². The molecule has 4 nitrogen and oxygen atoms in total. The number of hydrogen-bond acceptors (Lipinski definition) is 4. The molecule has 0 saturated heterocycles. The zero-order chi connectivity index (χ0) is 37.9. The third kappa shape index (κ3) is 4.63. The molecule has 9 aromatic carbocycles. The molecule has 58 heavy (non-hydrogen) atoms. The first-order valence-corrected chi connectivity index (χ1v) is 19.5. The molecular formula is C54H30O4. The Labute approximate surface area is 330 Å². The summed E-state index contributed by atoms with van der Waals surface area (Å²) >= 11 is 0. The summed E-state index contributed by atoms with van der Waals surface area (Å²) in [6.07, 6.45) is 0. The van der Waals surface area contributed by atoms with Gasteiger partial charge in [0.15, 0.2) is 0 Å². The van der Waals surface area contributed by atoms with Crippen molar-refractivity contribution in [3.05, 3.63) is 182 Å². The van der Waals surface area contributed by atoms with Crippen LogP contribution in [0.3, 0.4) is 0 Å². The van der Waals surface area contributed by atoms with Gasteiger partial charge in [-0.05, 0) is 129 Å². The Kier molecular flexibility index (Phi) is 6.41. The minimum atomic E-state index is 0.797. The Morgan fingerprint density at radius 2 is 0.603 bits per heavy atom. The highest BCUT2D eigenvalue weighted by atomic mass is 16.4. The highest BCUT2D eigenvalue weighted by Gasteiger charge is 2.20. The monoisotopic (exact) mass is 742 g/mol. The van der Waals surface area contributed by atoms with Gasteiger partial charge < -0.3 is 17.7 Å². The van der Waals surface area contributed by atoms with Crippen molar-refractivity contribution in [2.45, 2.75) is 0 Å². The first-order valence-electron chi connectivity index (χ1n) is 19.5. The van der Waals surface area contributed by atoms with Gasteiger partial charge in [0.25, 0.3) is 0 Å². The summed E-state index contributed by atoms with van der Waals surface area (Å²) in [7, 11) is 0. The molecule has 13 aromatic rings. The topological polar surface area (TPSA) is 52.6 Å².